The molecule has 1 aromatic rings. The highest BCUT2D eigenvalue weighted by atomic mass is 35.5. The van der Waals surface area contributed by atoms with Crippen LogP contribution in [0.3, 0.4) is 0 Å². The molecule has 0 radical (unpaired) electrons. The van der Waals surface area contributed by atoms with Gasteiger partial charge in [-0.25, -0.2) is 0 Å². The number of Topliss-reactive ketones (excluding diaryl/α,β-unsaturated/α-hetero) is 1. The van der Waals surface area contributed by atoms with Crippen LogP contribution in [0.4, 0.5) is 5.69 Å². The van der Waals surface area contributed by atoms with Crippen LogP contribution in [0.15, 0.2) is 24.3 Å². The zero-order valence-electron chi connectivity index (χ0n) is 11.3. The number of rotatable bonds is 9. The summed E-state index contributed by atoms with van der Waals surface area (Å²) in [4.78, 5) is 24.2. The van der Waals surface area contributed by atoms with E-state index in [1.165, 1.54) is 18.2 Å². The molecule has 0 saturated carbocycles. The number of non-ortho nitro benzene ring substituents is 1. The minimum absolute atomic E-state index is 0. The van der Waals surface area contributed by atoms with Crippen molar-refractivity contribution in [3.63, 3.8) is 0 Å². The molecule has 0 heterocycles. The summed E-state index contributed by atoms with van der Waals surface area (Å²) < 4.78 is 0. The van der Waals surface area contributed by atoms with Gasteiger partial charge in [0.05, 0.1) is 4.92 Å². The Morgan fingerprint density at radius 1 is 1.19 bits per heavy atom. The van der Waals surface area contributed by atoms with E-state index in [9.17, 15) is 14.9 Å². The lowest BCUT2D eigenvalue weighted by atomic mass is 10.1. The highest BCUT2D eigenvalue weighted by Crippen LogP contribution is 2.14. The molecule has 118 valence electrons. The standard InChI is InChI=1S/C13H16Cl2N2O3.ClH/c14-5-8-16(9-6-15)7-4-13(18)11-2-1-3-12(10-11)17(19)20;/h1-3,10H,4-9H2;1H. The van der Waals surface area contributed by atoms with Gasteiger partial charge in [0.1, 0.15) is 0 Å². The van der Waals surface area contributed by atoms with Crippen LogP contribution < -0.4 is 0 Å². The van der Waals surface area contributed by atoms with Crippen LogP contribution in [0.25, 0.3) is 0 Å². The number of benzene rings is 1. The Bertz CT molecular complexity index is 466. The molecule has 0 spiro atoms. The van der Waals surface area contributed by atoms with Crippen molar-refractivity contribution >= 4 is 47.1 Å². The lowest BCUT2D eigenvalue weighted by molar-refractivity contribution is -0.384. The van der Waals surface area contributed by atoms with Gasteiger partial charge in [-0.05, 0) is 0 Å². The van der Waals surface area contributed by atoms with Gasteiger partial charge in [0.15, 0.2) is 5.78 Å². The molecule has 0 fully saturated rings. The van der Waals surface area contributed by atoms with Crippen molar-refractivity contribution in [2.75, 3.05) is 31.4 Å². The van der Waals surface area contributed by atoms with Gasteiger partial charge in [-0.15, -0.1) is 35.6 Å². The molecule has 0 N–H and O–H groups in total. The maximum Gasteiger partial charge on any atom is 0.270 e. The van der Waals surface area contributed by atoms with E-state index >= 15 is 0 Å². The molecule has 0 aliphatic rings. The molecule has 0 amide bonds. The predicted octanol–water partition coefficient (Wildman–Crippen LogP) is 3.37. The second-order valence-corrected chi connectivity index (χ2v) is 4.96. The molecule has 0 atom stereocenters. The van der Waals surface area contributed by atoms with Crippen molar-refractivity contribution in [1.82, 2.24) is 4.90 Å². The lowest BCUT2D eigenvalue weighted by Crippen LogP contribution is -2.30. The molecule has 8 heteroatoms. The Morgan fingerprint density at radius 2 is 1.81 bits per heavy atom. The molecule has 0 aliphatic carbocycles. The number of hydrogen-bond acceptors (Lipinski definition) is 4. The molecule has 0 aromatic heterocycles. The molecular weight excluding hydrogens is 339 g/mol. The summed E-state index contributed by atoms with van der Waals surface area (Å²) in [6.45, 7) is 1.87. The Hall–Kier alpha value is -0.880. The van der Waals surface area contributed by atoms with Crippen molar-refractivity contribution in [2.24, 2.45) is 0 Å². The topological polar surface area (TPSA) is 63.5 Å². The van der Waals surface area contributed by atoms with E-state index in [1.807, 2.05) is 4.90 Å². The third-order valence-corrected chi connectivity index (χ3v) is 3.17. The average Bonchev–Trinajstić information content (AvgIpc) is 2.45. The summed E-state index contributed by atoms with van der Waals surface area (Å²) in [6.07, 6.45) is 0.287. The first kappa shape index (κ1) is 20.1. The van der Waals surface area contributed by atoms with Crippen LogP contribution in [0, 0.1) is 10.1 Å². The van der Waals surface area contributed by atoms with Crippen LogP contribution in [-0.4, -0.2) is 47.0 Å². The van der Waals surface area contributed by atoms with E-state index in [0.29, 0.717) is 37.0 Å². The summed E-state index contributed by atoms with van der Waals surface area (Å²) in [6, 6.07) is 5.77. The summed E-state index contributed by atoms with van der Waals surface area (Å²) >= 11 is 11.4. The fraction of sp³-hybridized carbons (Fsp3) is 0.462. The van der Waals surface area contributed by atoms with Crippen molar-refractivity contribution < 1.29 is 9.72 Å². The minimum atomic E-state index is -0.510. The number of alkyl halides is 2. The van der Waals surface area contributed by atoms with E-state index in [1.54, 1.807) is 6.07 Å². The third kappa shape index (κ3) is 7.09. The first-order valence-electron chi connectivity index (χ1n) is 6.20. The van der Waals surface area contributed by atoms with E-state index in [-0.39, 0.29) is 30.3 Å². The van der Waals surface area contributed by atoms with Gasteiger partial charge < -0.3 is 4.90 Å². The number of nitro groups is 1. The van der Waals surface area contributed by atoms with Crippen LogP contribution in [0.5, 0.6) is 0 Å². The number of nitrogens with zero attached hydrogens (tertiary/aromatic N) is 2. The molecule has 0 bridgehead atoms. The highest BCUT2D eigenvalue weighted by molar-refractivity contribution is 6.18. The quantitative estimate of drug-likeness (QED) is 0.295. The number of hydrogen-bond donors (Lipinski definition) is 0. The van der Waals surface area contributed by atoms with Crippen LogP contribution in [-0.2, 0) is 0 Å². The number of nitro benzene ring substituents is 1. The van der Waals surface area contributed by atoms with E-state index < -0.39 is 4.92 Å². The Labute approximate surface area is 139 Å². The third-order valence-electron chi connectivity index (χ3n) is 2.84. The zero-order chi connectivity index (χ0) is 15.0. The normalized spacial score (nSPS) is 10.2. The van der Waals surface area contributed by atoms with Crippen LogP contribution in [0.2, 0.25) is 0 Å². The van der Waals surface area contributed by atoms with Crippen LogP contribution >= 0.6 is 35.6 Å². The zero-order valence-corrected chi connectivity index (χ0v) is 13.7. The molecule has 1 rings (SSSR count). The second kappa shape index (κ2) is 10.8. The SMILES string of the molecule is Cl.O=C(CCN(CCCl)CCCl)c1cccc([N+](=O)[O-])c1. The molecular formula is C13H17Cl3N2O3. The smallest absolute Gasteiger partial charge is 0.270 e. The second-order valence-electron chi connectivity index (χ2n) is 4.20. The molecule has 1 aromatic carbocycles. The van der Waals surface area contributed by atoms with Crippen molar-refractivity contribution in [3.8, 4) is 0 Å². The Kier molecular flexibility index (Phi) is 10.3. The van der Waals surface area contributed by atoms with Gasteiger partial charge in [0.25, 0.3) is 5.69 Å². The van der Waals surface area contributed by atoms with E-state index in [4.69, 9.17) is 23.2 Å². The van der Waals surface area contributed by atoms with Crippen molar-refractivity contribution in [1.29, 1.82) is 0 Å². The van der Waals surface area contributed by atoms with Gasteiger partial charge in [-0.2, -0.15) is 0 Å². The van der Waals surface area contributed by atoms with E-state index in [0.717, 1.165) is 0 Å². The largest absolute Gasteiger partial charge is 0.301 e. The summed E-state index contributed by atoms with van der Waals surface area (Å²) in [7, 11) is 0. The number of ketones is 1. The Balaban J connectivity index is 0.00000400. The fourth-order valence-corrected chi connectivity index (χ4v) is 2.25. The highest BCUT2D eigenvalue weighted by Gasteiger charge is 2.13. The average molecular weight is 356 g/mol. The summed E-state index contributed by atoms with van der Waals surface area (Å²) in [5, 5.41) is 10.7. The number of carbonyl (C=O) groups is 1. The summed E-state index contributed by atoms with van der Waals surface area (Å²) in [5.41, 5.74) is 0.283. The first-order valence-corrected chi connectivity index (χ1v) is 7.27. The van der Waals surface area contributed by atoms with Gasteiger partial charge in [0.2, 0.25) is 0 Å². The predicted molar refractivity (Wildman–Crippen MR) is 87.2 cm³/mol. The maximum absolute atomic E-state index is 12.0. The molecule has 0 unspecified atom stereocenters. The fourth-order valence-electron chi connectivity index (χ4n) is 1.77. The lowest BCUT2D eigenvalue weighted by Gasteiger charge is -2.19. The number of carbonyl (C=O) groups excluding carboxylic acids is 1. The Morgan fingerprint density at radius 3 is 2.33 bits per heavy atom. The van der Waals surface area contributed by atoms with E-state index in [2.05, 4.69) is 0 Å². The molecule has 0 aliphatic heterocycles. The first-order chi connectivity index (χ1) is 9.58. The maximum atomic E-state index is 12.0. The van der Waals surface area contributed by atoms with Crippen LogP contribution in [0.1, 0.15) is 16.8 Å². The molecule has 5 nitrogen and oxygen atoms in total. The van der Waals surface area contributed by atoms with Gasteiger partial charge in [0, 0.05) is 55.5 Å². The van der Waals surface area contributed by atoms with Gasteiger partial charge >= 0.3 is 0 Å². The van der Waals surface area contributed by atoms with Gasteiger partial charge in [-0.3, -0.25) is 14.9 Å². The van der Waals surface area contributed by atoms with Gasteiger partial charge in [-0.1, -0.05) is 12.1 Å². The molecule has 21 heavy (non-hydrogen) atoms. The number of halogens is 3. The van der Waals surface area contributed by atoms with Crippen molar-refractivity contribution in [2.45, 2.75) is 6.42 Å². The summed E-state index contributed by atoms with van der Waals surface area (Å²) in [5.74, 6) is 0.826. The monoisotopic (exact) mass is 354 g/mol. The van der Waals surface area contributed by atoms with Crippen molar-refractivity contribution in [3.05, 3.63) is 39.9 Å². The minimum Gasteiger partial charge on any atom is -0.301 e. The molecule has 0 saturated heterocycles.